The van der Waals surface area contributed by atoms with Gasteiger partial charge < -0.3 is 15.2 Å². The lowest BCUT2D eigenvalue weighted by Crippen LogP contribution is -2.22. The van der Waals surface area contributed by atoms with E-state index in [0.717, 1.165) is 11.1 Å². The highest BCUT2D eigenvalue weighted by Crippen LogP contribution is 2.15. The number of thiophene rings is 1. The molecule has 2 N–H and O–H groups in total. The fraction of sp³-hybridized carbons (Fsp3) is 0.267. The van der Waals surface area contributed by atoms with Crippen LogP contribution in [0.4, 0.5) is 0 Å². The van der Waals surface area contributed by atoms with Crippen molar-refractivity contribution >= 4 is 17.3 Å². The Balaban J connectivity index is 1.93. The van der Waals surface area contributed by atoms with Crippen LogP contribution in [0.5, 0.6) is 0 Å². The van der Waals surface area contributed by atoms with Gasteiger partial charge in [-0.05, 0) is 34.0 Å². The summed E-state index contributed by atoms with van der Waals surface area (Å²) < 4.78 is 4.75. The normalized spacial score (nSPS) is 12.1. The smallest absolute Gasteiger partial charge is 0.338 e. The molecule has 0 saturated carbocycles. The molecule has 0 amide bonds. The molecule has 0 aliphatic heterocycles. The van der Waals surface area contributed by atoms with Crippen molar-refractivity contribution in [1.29, 1.82) is 0 Å². The first-order valence-electron chi connectivity index (χ1n) is 6.29. The van der Waals surface area contributed by atoms with Gasteiger partial charge in [0.15, 0.2) is 0 Å². The van der Waals surface area contributed by atoms with Gasteiger partial charge in [-0.25, -0.2) is 4.79 Å². The number of rotatable bonds is 6. The Labute approximate surface area is 122 Å². The number of aliphatic hydroxyl groups excluding tert-OH is 1. The number of hydrogen-bond donors (Lipinski definition) is 2. The number of nitrogens with one attached hydrogen (secondary N) is 1. The first-order valence-corrected chi connectivity index (χ1v) is 7.23. The largest absolute Gasteiger partial charge is 0.465 e. The molecule has 0 spiro atoms. The third kappa shape index (κ3) is 3.66. The molecule has 0 saturated heterocycles. The maximum Gasteiger partial charge on any atom is 0.338 e. The van der Waals surface area contributed by atoms with E-state index >= 15 is 0 Å². The molecule has 2 rings (SSSR count). The van der Waals surface area contributed by atoms with Crippen LogP contribution < -0.4 is 5.32 Å². The maximum absolute atomic E-state index is 11.6. The standard InChI is InChI=1S/C15H17NO3S/c1-19-15(18)13-5-3-2-4-11(13)8-16-9-14(17)12-6-7-20-10-12/h2-7,10,14,16-17H,8-9H2,1H3. The van der Waals surface area contributed by atoms with Crippen molar-refractivity contribution in [3.8, 4) is 0 Å². The number of benzene rings is 1. The molecule has 1 heterocycles. The monoisotopic (exact) mass is 291 g/mol. The molecule has 0 fully saturated rings. The van der Waals surface area contributed by atoms with Gasteiger partial charge in [0.2, 0.25) is 0 Å². The van der Waals surface area contributed by atoms with E-state index in [-0.39, 0.29) is 5.97 Å². The molecule has 0 aliphatic carbocycles. The second-order valence-corrected chi connectivity index (χ2v) is 5.13. The Morgan fingerprint density at radius 2 is 2.20 bits per heavy atom. The lowest BCUT2D eigenvalue weighted by atomic mass is 10.1. The van der Waals surface area contributed by atoms with Crippen LogP contribution in [0.25, 0.3) is 0 Å². The summed E-state index contributed by atoms with van der Waals surface area (Å²) in [5, 5.41) is 17.0. The molecule has 106 valence electrons. The molecule has 20 heavy (non-hydrogen) atoms. The quantitative estimate of drug-likeness (QED) is 0.802. The first-order chi connectivity index (χ1) is 9.72. The van der Waals surface area contributed by atoms with E-state index < -0.39 is 6.10 Å². The van der Waals surface area contributed by atoms with E-state index in [9.17, 15) is 9.90 Å². The lowest BCUT2D eigenvalue weighted by molar-refractivity contribution is 0.0599. The summed E-state index contributed by atoms with van der Waals surface area (Å²) in [6, 6.07) is 9.18. The van der Waals surface area contributed by atoms with E-state index in [2.05, 4.69) is 5.32 Å². The first kappa shape index (κ1) is 14.7. The van der Waals surface area contributed by atoms with Gasteiger partial charge in [-0.1, -0.05) is 18.2 Å². The molecule has 4 nitrogen and oxygen atoms in total. The van der Waals surface area contributed by atoms with Crippen LogP contribution in [0.15, 0.2) is 41.1 Å². The fourth-order valence-electron chi connectivity index (χ4n) is 1.91. The van der Waals surface area contributed by atoms with Gasteiger partial charge in [0.05, 0.1) is 18.8 Å². The number of methoxy groups -OCH3 is 1. The molecule has 2 aromatic rings. The minimum Gasteiger partial charge on any atom is -0.465 e. The summed E-state index contributed by atoms with van der Waals surface area (Å²) in [6.07, 6.45) is -0.536. The number of hydrogen-bond acceptors (Lipinski definition) is 5. The van der Waals surface area contributed by atoms with Gasteiger partial charge in [0.1, 0.15) is 0 Å². The van der Waals surface area contributed by atoms with Gasteiger partial charge in [-0.15, -0.1) is 0 Å². The van der Waals surface area contributed by atoms with Crippen LogP contribution in [0.2, 0.25) is 0 Å². The van der Waals surface area contributed by atoms with E-state index in [0.29, 0.717) is 18.7 Å². The summed E-state index contributed by atoms with van der Waals surface area (Å²) in [4.78, 5) is 11.6. The van der Waals surface area contributed by atoms with Gasteiger partial charge in [0, 0.05) is 13.1 Å². The summed E-state index contributed by atoms with van der Waals surface area (Å²) >= 11 is 1.56. The van der Waals surface area contributed by atoms with Crippen molar-refractivity contribution in [3.63, 3.8) is 0 Å². The third-order valence-corrected chi connectivity index (χ3v) is 3.71. The molecule has 1 aromatic carbocycles. The van der Waals surface area contributed by atoms with E-state index in [4.69, 9.17) is 4.74 Å². The Morgan fingerprint density at radius 1 is 1.40 bits per heavy atom. The highest BCUT2D eigenvalue weighted by Gasteiger charge is 2.11. The minimum absolute atomic E-state index is 0.346. The molecule has 1 aromatic heterocycles. The number of carbonyl (C=O) groups excluding carboxylic acids is 1. The van der Waals surface area contributed by atoms with Crippen molar-refractivity contribution in [2.24, 2.45) is 0 Å². The van der Waals surface area contributed by atoms with E-state index in [1.807, 2.05) is 29.0 Å². The van der Waals surface area contributed by atoms with Crippen molar-refractivity contribution in [1.82, 2.24) is 5.32 Å². The van der Waals surface area contributed by atoms with Crippen LogP contribution in [-0.2, 0) is 11.3 Å². The summed E-state index contributed by atoms with van der Waals surface area (Å²) in [5.74, 6) is -0.346. The average Bonchev–Trinajstić information content (AvgIpc) is 3.01. The fourth-order valence-corrected chi connectivity index (χ4v) is 2.62. The zero-order valence-corrected chi connectivity index (χ0v) is 12.0. The van der Waals surface area contributed by atoms with E-state index in [1.54, 1.807) is 23.5 Å². The van der Waals surface area contributed by atoms with E-state index in [1.165, 1.54) is 7.11 Å². The maximum atomic E-state index is 11.6. The van der Waals surface area contributed by atoms with Crippen LogP contribution in [-0.4, -0.2) is 24.7 Å². The van der Waals surface area contributed by atoms with Crippen LogP contribution >= 0.6 is 11.3 Å². The average molecular weight is 291 g/mol. The predicted octanol–water partition coefficient (Wildman–Crippen LogP) is 2.36. The number of carbonyl (C=O) groups is 1. The lowest BCUT2D eigenvalue weighted by Gasteiger charge is -2.12. The van der Waals surface area contributed by atoms with Crippen molar-refractivity contribution in [2.45, 2.75) is 12.6 Å². The summed E-state index contributed by atoms with van der Waals surface area (Å²) in [5.41, 5.74) is 2.31. The van der Waals surface area contributed by atoms with Gasteiger partial charge in [-0.2, -0.15) is 11.3 Å². The van der Waals surface area contributed by atoms with Gasteiger partial charge in [0.25, 0.3) is 0 Å². The van der Waals surface area contributed by atoms with Crippen molar-refractivity contribution < 1.29 is 14.6 Å². The van der Waals surface area contributed by atoms with Gasteiger partial charge >= 0.3 is 5.97 Å². The SMILES string of the molecule is COC(=O)c1ccccc1CNCC(O)c1ccsc1. The molecule has 0 aliphatic rings. The second kappa shape index (κ2) is 7.19. The number of aliphatic hydroxyl groups is 1. The Hall–Kier alpha value is -1.69. The Bertz CT molecular complexity index is 554. The van der Waals surface area contributed by atoms with Crippen LogP contribution in [0, 0.1) is 0 Å². The minimum atomic E-state index is -0.536. The van der Waals surface area contributed by atoms with Crippen LogP contribution in [0.1, 0.15) is 27.6 Å². The third-order valence-electron chi connectivity index (χ3n) is 3.00. The highest BCUT2D eigenvalue weighted by molar-refractivity contribution is 7.07. The molecule has 1 atom stereocenters. The topological polar surface area (TPSA) is 58.6 Å². The molecule has 0 radical (unpaired) electrons. The van der Waals surface area contributed by atoms with Gasteiger partial charge in [-0.3, -0.25) is 0 Å². The second-order valence-electron chi connectivity index (χ2n) is 4.35. The van der Waals surface area contributed by atoms with Crippen molar-refractivity contribution in [2.75, 3.05) is 13.7 Å². The summed E-state index contributed by atoms with van der Waals surface area (Å²) in [6.45, 7) is 0.943. The number of ether oxygens (including phenoxy) is 1. The molecular formula is C15H17NO3S. The molecule has 0 bridgehead atoms. The molecular weight excluding hydrogens is 274 g/mol. The highest BCUT2D eigenvalue weighted by atomic mass is 32.1. The number of esters is 1. The Morgan fingerprint density at radius 3 is 2.90 bits per heavy atom. The zero-order valence-electron chi connectivity index (χ0n) is 11.2. The van der Waals surface area contributed by atoms with Crippen molar-refractivity contribution in [3.05, 3.63) is 57.8 Å². The zero-order chi connectivity index (χ0) is 14.4. The predicted molar refractivity (Wildman–Crippen MR) is 78.8 cm³/mol. The molecule has 5 heteroatoms. The molecule has 1 unspecified atom stereocenters. The Kier molecular flexibility index (Phi) is 5.29. The van der Waals surface area contributed by atoms with Crippen LogP contribution in [0.3, 0.4) is 0 Å². The summed E-state index contributed by atoms with van der Waals surface area (Å²) in [7, 11) is 1.37.